The van der Waals surface area contributed by atoms with Crippen LogP contribution in [-0.4, -0.2) is 96.7 Å². The van der Waals surface area contributed by atoms with Gasteiger partial charge in [0.2, 0.25) is 0 Å². The van der Waals surface area contributed by atoms with Gasteiger partial charge in [0.05, 0.1) is 26.4 Å². The zero-order valence-corrected chi connectivity index (χ0v) is 77.9. The molecule has 17 nitrogen and oxygen atoms in total. The van der Waals surface area contributed by atoms with Gasteiger partial charge in [-0.25, -0.2) is 9.13 Å². The molecule has 0 amide bonds. The number of aliphatic hydroxyl groups excluding tert-OH is 1. The van der Waals surface area contributed by atoms with Crippen molar-refractivity contribution >= 4 is 39.5 Å². The first-order valence-corrected chi connectivity index (χ1v) is 52.5. The van der Waals surface area contributed by atoms with Crippen LogP contribution in [0.1, 0.15) is 523 Å². The molecule has 0 heterocycles. The van der Waals surface area contributed by atoms with Gasteiger partial charge in [-0.1, -0.05) is 472 Å². The molecule has 0 aliphatic heterocycles. The second kappa shape index (κ2) is 87.0. The topological polar surface area (TPSA) is 237 Å². The van der Waals surface area contributed by atoms with Gasteiger partial charge >= 0.3 is 39.5 Å². The number of esters is 4. The minimum atomic E-state index is -4.97. The monoisotopic (exact) mass is 1680 g/mol. The van der Waals surface area contributed by atoms with E-state index in [1.54, 1.807) is 0 Å². The highest BCUT2D eigenvalue weighted by molar-refractivity contribution is 7.47. The van der Waals surface area contributed by atoms with E-state index in [1.807, 2.05) is 0 Å². The van der Waals surface area contributed by atoms with Crippen LogP contribution in [0.5, 0.6) is 0 Å². The first kappa shape index (κ1) is 113. The minimum absolute atomic E-state index is 0.109. The molecule has 3 N–H and O–H groups in total. The highest BCUT2D eigenvalue weighted by atomic mass is 31.2. The van der Waals surface area contributed by atoms with E-state index in [1.165, 1.54) is 340 Å². The number of hydrogen-bond acceptors (Lipinski definition) is 15. The van der Waals surface area contributed by atoms with E-state index >= 15 is 0 Å². The number of rotatable bonds is 95. The Morgan fingerprint density at radius 1 is 0.235 bits per heavy atom. The van der Waals surface area contributed by atoms with Gasteiger partial charge in [0, 0.05) is 25.7 Å². The summed E-state index contributed by atoms with van der Waals surface area (Å²) in [4.78, 5) is 73.6. The van der Waals surface area contributed by atoms with Crippen LogP contribution < -0.4 is 0 Å². The fraction of sp³-hybridized carbons (Fsp3) is 0.958. The van der Waals surface area contributed by atoms with Crippen molar-refractivity contribution in [2.24, 2.45) is 11.8 Å². The van der Waals surface area contributed by atoms with Crippen LogP contribution in [0.2, 0.25) is 0 Å². The van der Waals surface area contributed by atoms with Crippen molar-refractivity contribution in [3.63, 3.8) is 0 Å². The van der Waals surface area contributed by atoms with Crippen molar-refractivity contribution in [3.05, 3.63) is 0 Å². The Kier molecular flexibility index (Phi) is 85.5. The number of hydrogen-bond donors (Lipinski definition) is 3. The molecule has 0 bridgehead atoms. The Morgan fingerprint density at radius 3 is 0.591 bits per heavy atom. The molecule has 0 radical (unpaired) electrons. The van der Waals surface area contributed by atoms with Gasteiger partial charge in [0.25, 0.3) is 0 Å². The van der Waals surface area contributed by atoms with Crippen molar-refractivity contribution in [1.82, 2.24) is 0 Å². The lowest BCUT2D eigenvalue weighted by atomic mass is 10.0. The zero-order chi connectivity index (χ0) is 84.1. The third-order valence-corrected chi connectivity index (χ3v) is 24.6. The maximum Gasteiger partial charge on any atom is 0.472 e. The predicted octanol–water partition coefficient (Wildman–Crippen LogP) is 30.1. The molecule has 115 heavy (non-hydrogen) atoms. The summed E-state index contributed by atoms with van der Waals surface area (Å²) in [5, 5.41) is 10.7. The Hall–Kier alpha value is -1.94. The molecule has 684 valence electrons. The molecule has 0 rings (SSSR count). The molecule has 0 saturated heterocycles. The van der Waals surface area contributed by atoms with Crippen molar-refractivity contribution in [2.75, 3.05) is 39.6 Å². The molecule has 5 atom stereocenters. The van der Waals surface area contributed by atoms with Crippen molar-refractivity contribution < 1.29 is 80.2 Å². The first-order chi connectivity index (χ1) is 55.9. The third kappa shape index (κ3) is 89.6. The molecule has 0 aliphatic carbocycles. The predicted molar refractivity (Wildman–Crippen MR) is 478 cm³/mol. The van der Waals surface area contributed by atoms with Crippen molar-refractivity contribution in [1.29, 1.82) is 0 Å². The highest BCUT2D eigenvalue weighted by Crippen LogP contribution is 2.45. The lowest BCUT2D eigenvalue weighted by molar-refractivity contribution is -0.161. The third-order valence-electron chi connectivity index (χ3n) is 22.7. The van der Waals surface area contributed by atoms with E-state index in [9.17, 15) is 43.2 Å². The number of aliphatic hydroxyl groups is 1. The van der Waals surface area contributed by atoms with Crippen LogP contribution in [-0.2, 0) is 65.4 Å². The molecule has 0 aromatic rings. The number of ether oxygens (including phenoxy) is 4. The van der Waals surface area contributed by atoms with Crippen LogP contribution in [0, 0.1) is 11.8 Å². The number of phosphoric acid groups is 2. The average molecular weight is 1680 g/mol. The van der Waals surface area contributed by atoms with E-state index in [2.05, 4.69) is 41.5 Å². The summed E-state index contributed by atoms with van der Waals surface area (Å²) in [6, 6.07) is 0. The Balaban J connectivity index is 5.23. The molecular formula is C96H188O17P2. The number of carbonyl (C=O) groups excluding carboxylic acids is 4. The van der Waals surface area contributed by atoms with Gasteiger partial charge in [-0.05, 0) is 37.5 Å². The largest absolute Gasteiger partial charge is 0.472 e. The van der Waals surface area contributed by atoms with Crippen molar-refractivity contribution in [3.8, 4) is 0 Å². The average Bonchev–Trinajstić information content (AvgIpc) is 0.897. The van der Waals surface area contributed by atoms with E-state index in [4.69, 9.17) is 37.0 Å². The summed E-state index contributed by atoms with van der Waals surface area (Å²) in [5.74, 6) is -0.445. The number of unbranched alkanes of at least 4 members (excludes halogenated alkanes) is 65. The maximum absolute atomic E-state index is 13.2. The SMILES string of the molecule is CCCCCCCCCCCCCCCCCCCCCCCC(=O)O[C@H](COC(=O)CCCCCCCCCCCCCC)COP(=O)(O)OC[C@H](O)COP(=O)(O)OC[C@@H](COC(=O)CCCCCCCCCCCCCCCCCCCCC(C)C)OC(=O)CCCCCCCCCCCCCCCCCCCCC(C)C. The van der Waals surface area contributed by atoms with Gasteiger partial charge in [0.15, 0.2) is 12.2 Å². The van der Waals surface area contributed by atoms with Gasteiger partial charge in [-0.15, -0.1) is 0 Å². The highest BCUT2D eigenvalue weighted by Gasteiger charge is 2.31. The number of carbonyl (C=O) groups is 4. The van der Waals surface area contributed by atoms with Gasteiger partial charge in [0.1, 0.15) is 19.3 Å². The summed E-state index contributed by atoms with van der Waals surface area (Å²) in [6.45, 7) is 9.81. The van der Waals surface area contributed by atoms with Crippen LogP contribution in [0.25, 0.3) is 0 Å². The Labute approximate surface area is 708 Å². The molecule has 0 spiro atoms. The van der Waals surface area contributed by atoms with Crippen LogP contribution >= 0.6 is 15.6 Å². The van der Waals surface area contributed by atoms with E-state index in [-0.39, 0.29) is 25.7 Å². The summed E-state index contributed by atoms with van der Waals surface area (Å²) in [6.07, 6.45) is 83.5. The molecule has 0 fully saturated rings. The maximum atomic E-state index is 13.2. The Morgan fingerprint density at radius 2 is 0.400 bits per heavy atom. The van der Waals surface area contributed by atoms with Gasteiger partial charge < -0.3 is 33.8 Å². The summed E-state index contributed by atoms with van der Waals surface area (Å²) in [7, 11) is -9.94. The van der Waals surface area contributed by atoms with Gasteiger partial charge in [-0.2, -0.15) is 0 Å². The van der Waals surface area contributed by atoms with E-state index < -0.39 is 97.5 Å². The second-order valence-electron chi connectivity index (χ2n) is 35.4. The molecule has 0 aliphatic rings. The standard InChI is InChI=1S/C96H188O17P2/c1-7-9-11-13-15-17-19-21-22-23-24-25-26-34-39-44-50-56-62-68-74-80-95(100)112-91(84-106-93(98)78-72-66-60-54-48-20-18-16-14-12-10-8-2)86-110-114(102,103)108-82-90(97)83-109-115(104,105)111-87-92(113-96(101)81-75-69-63-57-51-45-40-35-30-28-32-37-42-47-53-59-65-71-77-89(5)6)85-107-94(99)79-73-67-61-55-49-43-38-33-29-27-31-36-41-46-52-58-64-70-76-88(3)4/h88-92,97H,7-87H2,1-6H3,(H,102,103)(H,104,105)/t90-,91+,92+/m0/s1. The van der Waals surface area contributed by atoms with E-state index in [0.717, 1.165) is 102 Å². The molecule has 19 heteroatoms. The molecule has 0 saturated carbocycles. The smallest absolute Gasteiger partial charge is 0.462 e. The Bertz CT molecular complexity index is 2190. The molecular weight excluding hydrogens is 1490 g/mol. The first-order valence-electron chi connectivity index (χ1n) is 49.5. The molecule has 2 unspecified atom stereocenters. The van der Waals surface area contributed by atoms with Crippen LogP contribution in [0.15, 0.2) is 0 Å². The number of phosphoric ester groups is 2. The summed E-state index contributed by atoms with van der Waals surface area (Å²) in [5.41, 5.74) is 0. The summed E-state index contributed by atoms with van der Waals surface area (Å²) < 4.78 is 69.2. The van der Waals surface area contributed by atoms with Crippen LogP contribution in [0.3, 0.4) is 0 Å². The van der Waals surface area contributed by atoms with Crippen molar-refractivity contribution in [2.45, 2.75) is 541 Å². The second-order valence-corrected chi connectivity index (χ2v) is 38.3. The molecule has 0 aromatic carbocycles. The molecule has 0 aromatic heterocycles. The van der Waals surface area contributed by atoms with Gasteiger partial charge in [-0.3, -0.25) is 37.3 Å². The quantitative estimate of drug-likeness (QED) is 0.0222. The zero-order valence-electron chi connectivity index (χ0n) is 76.1. The fourth-order valence-corrected chi connectivity index (χ4v) is 16.8. The normalized spacial score (nSPS) is 13.7. The lowest BCUT2D eigenvalue weighted by Crippen LogP contribution is -2.30. The van der Waals surface area contributed by atoms with E-state index in [0.29, 0.717) is 25.7 Å². The fourth-order valence-electron chi connectivity index (χ4n) is 15.2. The summed E-state index contributed by atoms with van der Waals surface area (Å²) >= 11 is 0. The van der Waals surface area contributed by atoms with Crippen LogP contribution in [0.4, 0.5) is 0 Å². The lowest BCUT2D eigenvalue weighted by Gasteiger charge is -2.21. The minimum Gasteiger partial charge on any atom is -0.462 e.